The van der Waals surface area contributed by atoms with Crippen molar-refractivity contribution < 1.29 is 9.53 Å². The van der Waals surface area contributed by atoms with Gasteiger partial charge in [-0.3, -0.25) is 9.79 Å². The summed E-state index contributed by atoms with van der Waals surface area (Å²) in [6, 6.07) is 0. The second-order valence-corrected chi connectivity index (χ2v) is 1.97. The summed E-state index contributed by atoms with van der Waals surface area (Å²) in [5, 5.41) is 0. The molecule has 1 unspecified atom stereocenters. The maximum atomic E-state index is 9.81. The smallest absolute Gasteiger partial charge is 0.293 e. The number of carbonyl (C=O) groups is 1. The maximum Gasteiger partial charge on any atom is 0.293 e. The zero-order valence-electron chi connectivity index (χ0n) is 5.12. The number of aliphatic imine (C=N–C) groups is 1. The van der Waals surface area contributed by atoms with Crippen molar-refractivity contribution in [1.82, 2.24) is 0 Å². The van der Waals surface area contributed by atoms with Crippen LogP contribution >= 0.6 is 0 Å². The molecule has 1 heterocycles. The molecule has 3 nitrogen and oxygen atoms in total. The molecule has 0 saturated carbocycles. The van der Waals surface area contributed by atoms with Crippen molar-refractivity contribution in [2.24, 2.45) is 4.99 Å². The molecular weight excluding hydrogens is 118 g/mol. The minimum absolute atomic E-state index is 0.0833. The molecule has 1 rings (SSSR count). The quantitative estimate of drug-likeness (QED) is 0.503. The SMILES string of the molecule is O=COC1CC=NCC1. The van der Waals surface area contributed by atoms with E-state index in [4.69, 9.17) is 4.74 Å². The zero-order valence-corrected chi connectivity index (χ0v) is 5.12. The van der Waals surface area contributed by atoms with Gasteiger partial charge in [-0.05, 0) is 0 Å². The molecule has 0 aliphatic carbocycles. The van der Waals surface area contributed by atoms with Gasteiger partial charge in [-0.25, -0.2) is 0 Å². The lowest BCUT2D eigenvalue weighted by Gasteiger charge is -2.13. The van der Waals surface area contributed by atoms with Gasteiger partial charge in [0, 0.05) is 25.6 Å². The van der Waals surface area contributed by atoms with Gasteiger partial charge in [-0.2, -0.15) is 0 Å². The van der Waals surface area contributed by atoms with E-state index in [1.165, 1.54) is 0 Å². The lowest BCUT2D eigenvalue weighted by atomic mass is 10.1. The summed E-state index contributed by atoms with van der Waals surface area (Å²) >= 11 is 0. The Morgan fingerprint density at radius 3 is 3.22 bits per heavy atom. The van der Waals surface area contributed by atoms with Crippen LogP contribution in [0.3, 0.4) is 0 Å². The fraction of sp³-hybridized carbons (Fsp3) is 0.667. The molecule has 1 atom stereocenters. The van der Waals surface area contributed by atoms with E-state index in [9.17, 15) is 4.79 Å². The highest BCUT2D eigenvalue weighted by Gasteiger charge is 2.09. The summed E-state index contributed by atoms with van der Waals surface area (Å²) in [5.74, 6) is 0. The van der Waals surface area contributed by atoms with Gasteiger partial charge < -0.3 is 4.74 Å². The summed E-state index contributed by atoms with van der Waals surface area (Å²) in [4.78, 5) is 13.8. The lowest BCUT2D eigenvalue weighted by molar-refractivity contribution is -0.133. The Hall–Kier alpha value is -0.860. The third-order valence-corrected chi connectivity index (χ3v) is 1.33. The van der Waals surface area contributed by atoms with Crippen molar-refractivity contribution in [2.75, 3.05) is 6.54 Å². The molecule has 0 amide bonds. The minimum atomic E-state index is 0.0833. The molecule has 1 aliphatic heterocycles. The highest BCUT2D eigenvalue weighted by atomic mass is 16.5. The molecule has 0 saturated heterocycles. The van der Waals surface area contributed by atoms with Crippen molar-refractivity contribution >= 4 is 12.7 Å². The molecule has 0 N–H and O–H groups in total. The Morgan fingerprint density at radius 1 is 1.78 bits per heavy atom. The first-order valence-corrected chi connectivity index (χ1v) is 3.01. The van der Waals surface area contributed by atoms with Crippen LogP contribution in [0.25, 0.3) is 0 Å². The Morgan fingerprint density at radius 2 is 2.67 bits per heavy atom. The monoisotopic (exact) mass is 127 g/mol. The van der Waals surface area contributed by atoms with Crippen LogP contribution in [0.1, 0.15) is 12.8 Å². The molecule has 9 heavy (non-hydrogen) atoms. The second kappa shape index (κ2) is 3.22. The van der Waals surface area contributed by atoms with E-state index in [0.29, 0.717) is 6.47 Å². The Labute approximate surface area is 53.7 Å². The number of hydrogen-bond donors (Lipinski definition) is 0. The van der Waals surface area contributed by atoms with Crippen molar-refractivity contribution in [3.63, 3.8) is 0 Å². The first-order valence-electron chi connectivity index (χ1n) is 3.01. The molecule has 0 aromatic carbocycles. The van der Waals surface area contributed by atoms with E-state index >= 15 is 0 Å². The average Bonchev–Trinajstić information content (AvgIpc) is 1.91. The van der Waals surface area contributed by atoms with Crippen LogP contribution in [0, 0.1) is 0 Å². The Bertz CT molecular complexity index is 122. The first-order chi connectivity index (χ1) is 4.43. The van der Waals surface area contributed by atoms with Crippen LogP contribution in [0.4, 0.5) is 0 Å². The standard InChI is InChI=1S/C6H9NO2/c8-5-9-6-1-3-7-4-2-6/h3,5-6H,1-2,4H2. The summed E-state index contributed by atoms with van der Waals surface area (Å²) in [7, 11) is 0. The van der Waals surface area contributed by atoms with Crippen molar-refractivity contribution in [2.45, 2.75) is 18.9 Å². The summed E-state index contributed by atoms with van der Waals surface area (Å²) in [6.07, 6.45) is 3.53. The largest absolute Gasteiger partial charge is 0.464 e. The van der Waals surface area contributed by atoms with Crippen LogP contribution in [0.15, 0.2) is 4.99 Å². The van der Waals surface area contributed by atoms with Crippen molar-refractivity contribution in [3.8, 4) is 0 Å². The van der Waals surface area contributed by atoms with E-state index in [-0.39, 0.29) is 6.10 Å². The number of ether oxygens (including phenoxy) is 1. The third-order valence-electron chi connectivity index (χ3n) is 1.33. The minimum Gasteiger partial charge on any atom is -0.464 e. The summed E-state index contributed by atoms with van der Waals surface area (Å²) in [5.41, 5.74) is 0. The van der Waals surface area contributed by atoms with Gasteiger partial charge in [0.05, 0.1) is 0 Å². The van der Waals surface area contributed by atoms with E-state index in [2.05, 4.69) is 4.99 Å². The fourth-order valence-electron chi connectivity index (χ4n) is 0.822. The van der Waals surface area contributed by atoms with Gasteiger partial charge in [0.2, 0.25) is 0 Å². The van der Waals surface area contributed by atoms with Gasteiger partial charge >= 0.3 is 0 Å². The number of rotatable bonds is 2. The average molecular weight is 127 g/mol. The van der Waals surface area contributed by atoms with Gasteiger partial charge in [0.1, 0.15) is 6.10 Å². The first kappa shape index (κ1) is 6.26. The lowest BCUT2D eigenvalue weighted by Crippen LogP contribution is -2.17. The van der Waals surface area contributed by atoms with Crippen LogP contribution in [0.5, 0.6) is 0 Å². The molecule has 0 aromatic rings. The van der Waals surface area contributed by atoms with E-state index in [1.807, 2.05) is 0 Å². The van der Waals surface area contributed by atoms with Gasteiger partial charge in [0.25, 0.3) is 6.47 Å². The molecule has 0 spiro atoms. The normalized spacial score (nSPS) is 25.6. The molecule has 0 radical (unpaired) electrons. The van der Waals surface area contributed by atoms with Crippen LogP contribution in [0.2, 0.25) is 0 Å². The highest BCUT2D eigenvalue weighted by Crippen LogP contribution is 2.05. The van der Waals surface area contributed by atoms with E-state index in [0.717, 1.165) is 19.4 Å². The van der Waals surface area contributed by atoms with Crippen molar-refractivity contribution in [1.29, 1.82) is 0 Å². The van der Waals surface area contributed by atoms with Crippen molar-refractivity contribution in [3.05, 3.63) is 0 Å². The Balaban J connectivity index is 2.26. The zero-order chi connectivity index (χ0) is 6.53. The van der Waals surface area contributed by atoms with Crippen LogP contribution in [-0.2, 0) is 9.53 Å². The fourth-order valence-corrected chi connectivity index (χ4v) is 0.822. The summed E-state index contributed by atoms with van der Waals surface area (Å²) in [6.45, 7) is 1.29. The molecule has 1 aliphatic rings. The van der Waals surface area contributed by atoms with Gasteiger partial charge in [-0.15, -0.1) is 0 Å². The van der Waals surface area contributed by atoms with E-state index in [1.54, 1.807) is 6.21 Å². The van der Waals surface area contributed by atoms with Gasteiger partial charge in [-0.1, -0.05) is 0 Å². The number of hydrogen-bond acceptors (Lipinski definition) is 3. The third kappa shape index (κ3) is 1.83. The molecule has 0 fully saturated rings. The maximum absolute atomic E-state index is 9.81. The number of carbonyl (C=O) groups excluding carboxylic acids is 1. The van der Waals surface area contributed by atoms with Crippen LogP contribution in [-0.4, -0.2) is 25.3 Å². The number of nitrogens with zero attached hydrogens (tertiary/aromatic N) is 1. The molecular formula is C6H9NO2. The summed E-state index contributed by atoms with van der Waals surface area (Å²) < 4.78 is 4.71. The predicted octanol–water partition coefficient (Wildman–Crippen LogP) is 0.393. The van der Waals surface area contributed by atoms with E-state index < -0.39 is 0 Å². The highest BCUT2D eigenvalue weighted by molar-refractivity contribution is 5.59. The topological polar surface area (TPSA) is 38.7 Å². The molecule has 50 valence electrons. The predicted molar refractivity (Wildman–Crippen MR) is 33.5 cm³/mol. The van der Waals surface area contributed by atoms with Gasteiger partial charge in [0.15, 0.2) is 0 Å². The van der Waals surface area contributed by atoms with Crippen LogP contribution < -0.4 is 0 Å². The molecule has 0 bridgehead atoms. The Kier molecular flexibility index (Phi) is 2.24. The molecule has 0 aromatic heterocycles. The molecule has 3 heteroatoms. The second-order valence-electron chi connectivity index (χ2n) is 1.97.